The van der Waals surface area contributed by atoms with Gasteiger partial charge in [-0.05, 0) is 31.4 Å². The van der Waals surface area contributed by atoms with Crippen molar-refractivity contribution in [1.29, 1.82) is 0 Å². The van der Waals surface area contributed by atoms with Crippen LogP contribution in [0.4, 0.5) is 5.95 Å². The Morgan fingerprint density at radius 2 is 2.25 bits per heavy atom. The molecule has 6 heteroatoms. The summed E-state index contributed by atoms with van der Waals surface area (Å²) in [6.45, 7) is 4.96. The molecule has 1 aromatic heterocycles. The second kappa shape index (κ2) is 4.63. The SMILES string of the molecule is Cc1ccc(C)c(C2CCNc3nc(C(N)=O)nn32)c1. The molecule has 1 unspecified atom stereocenters. The monoisotopic (exact) mass is 271 g/mol. The van der Waals surface area contributed by atoms with Crippen LogP contribution >= 0.6 is 0 Å². The highest BCUT2D eigenvalue weighted by Gasteiger charge is 2.26. The lowest BCUT2D eigenvalue weighted by Gasteiger charge is -2.26. The van der Waals surface area contributed by atoms with E-state index >= 15 is 0 Å². The zero-order valence-electron chi connectivity index (χ0n) is 11.6. The van der Waals surface area contributed by atoms with Gasteiger partial charge in [-0.1, -0.05) is 23.8 Å². The van der Waals surface area contributed by atoms with Crippen LogP contribution in [0.25, 0.3) is 0 Å². The Labute approximate surface area is 117 Å². The molecule has 2 aromatic rings. The zero-order chi connectivity index (χ0) is 14.3. The van der Waals surface area contributed by atoms with Crippen molar-refractivity contribution in [2.75, 3.05) is 11.9 Å². The number of hydrogen-bond donors (Lipinski definition) is 2. The van der Waals surface area contributed by atoms with E-state index in [-0.39, 0.29) is 11.9 Å². The first-order chi connectivity index (χ1) is 9.56. The lowest BCUT2D eigenvalue weighted by Crippen LogP contribution is -2.25. The summed E-state index contributed by atoms with van der Waals surface area (Å²) in [6.07, 6.45) is 0.902. The maximum Gasteiger partial charge on any atom is 0.288 e. The Morgan fingerprint density at radius 1 is 1.45 bits per heavy atom. The van der Waals surface area contributed by atoms with Gasteiger partial charge in [0.1, 0.15) is 0 Å². The van der Waals surface area contributed by atoms with Gasteiger partial charge >= 0.3 is 0 Å². The number of amides is 1. The molecule has 6 nitrogen and oxygen atoms in total. The van der Waals surface area contributed by atoms with E-state index in [4.69, 9.17) is 5.73 Å². The molecule has 1 atom stereocenters. The van der Waals surface area contributed by atoms with Gasteiger partial charge in [0, 0.05) is 6.54 Å². The summed E-state index contributed by atoms with van der Waals surface area (Å²) in [4.78, 5) is 15.4. The molecule has 0 saturated carbocycles. The number of benzene rings is 1. The number of anilines is 1. The van der Waals surface area contributed by atoms with Gasteiger partial charge in [-0.3, -0.25) is 4.79 Å². The van der Waals surface area contributed by atoms with Crippen molar-refractivity contribution in [1.82, 2.24) is 14.8 Å². The van der Waals surface area contributed by atoms with Gasteiger partial charge < -0.3 is 11.1 Å². The highest BCUT2D eigenvalue weighted by Crippen LogP contribution is 2.30. The predicted molar refractivity (Wildman–Crippen MR) is 75.7 cm³/mol. The average Bonchev–Trinajstić information content (AvgIpc) is 2.85. The van der Waals surface area contributed by atoms with E-state index in [1.54, 1.807) is 4.68 Å². The van der Waals surface area contributed by atoms with Crippen molar-refractivity contribution < 1.29 is 4.79 Å². The number of primary amides is 1. The first-order valence-corrected chi connectivity index (χ1v) is 6.63. The second-order valence-corrected chi connectivity index (χ2v) is 5.16. The summed E-state index contributed by atoms with van der Waals surface area (Å²) in [5.74, 6) is 0.0640. The third-order valence-electron chi connectivity index (χ3n) is 3.64. The normalized spacial score (nSPS) is 17.4. The molecule has 1 amide bonds. The van der Waals surface area contributed by atoms with E-state index in [9.17, 15) is 4.79 Å². The fourth-order valence-corrected chi connectivity index (χ4v) is 2.61. The van der Waals surface area contributed by atoms with E-state index in [0.29, 0.717) is 5.95 Å². The summed E-state index contributed by atoms with van der Waals surface area (Å²) in [5.41, 5.74) is 8.90. The van der Waals surface area contributed by atoms with Crippen LogP contribution in [0.1, 0.15) is 39.8 Å². The molecule has 1 aliphatic heterocycles. The van der Waals surface area contributed by atoms with Crippen molar-refractivity contribution in [2.24, 2.45) is 5.73 Å². The van der Waals surface area contributed by atoms with E-state index in [1.165, 1.54) is 16.7 Å². The van der Waals surface area contributed by atoms with Gasteiger partial charge in [0.25, 0.3) is 5.91 Å². The van der Waals surface area contributed by atoms with Crippen molar-refractivity contribution >= 4 is 11.9 Å². The third kappa shape index (κ3) is 2.03. The molecule has 0 aliphatic carbocycles. The van der Waals surface area contributed by atoms with E-state index in [2.05, 4.69) is 47.4 Å². The summed E-state index contributed by atoms with van der Waals surface area (Å²) in [5, 5.41) is 7.40. The van der Waals surface area contributed by atoms with E-state index < -0.39 is 5.91 Å². The topological polar surface area (TPSA) is 85.8 Å². The first kappa shape index (κ1) is 12.7. The molecule has 0 bridgehead atoms. The molecule has 20 heavy (non-hydrogen) atoms. The number of carbonyl (C=O) groups excluding carboxylic acids is 1. The molecular formula is C14H17N5O. The minimum atomic E-state index is -0.603. The zero-order valence-corrected chi connectivity index (χ0v) is 11.6. The highest BCUT2D eigenvalue weighted by molar-refractivity contribution is 5.89. The van der Waals surface area contributed by atoms with E-state index in [0.717, 1.165) is 13.0 Å². The molecule has 104 valence electrons. The van der Waals surface area contributed by atoms with Crippen LogP contribution in [-0.2, 0) is 0 Å². The van der Waals surface area contributed by atoms with Crippen molar-refractivity contribution in [3.8, 4) is 0 Å². The number of nitrogens with zero attached hydrogens (tertiary/aromatic N) is 3. The predicted octanol–water partition coefficient (Wildman–Crippen LogP) is 1.40. The molecule has 1 aromatic carbocycles. The average molecular weight is 271 g/mol. The van der Waals surface area contributed by atoms with Gasteiger partial charge in [0.05, 0.1) is 6.04 Å². The second-order valence-electron chi connectivity index (χ2n) is 5.16. The summed E-state index contributed by atoms with van der Waals surface area (Å²) in [7, 11) is 0. The summed E-state index contributed by atoms with van der Waals surface area (Å²) >= 11 is 0. The van der Waals surface area contributed by atoms with Crippen molar-refractivity contribution in [2.45, 2.75) is 26.3 Å². The fourth-order valence-electron chi connectivity index (χ4n) is 2.61. The van der Waals surface area contributed by atoms with Crippen LogP contribution in [0.15, 0.2) is 18.2 Å². The van der Waals surface area contributed by atoms with Crippen LogP contribution in [-0.4, -0.2) is 27.2 Å². The van der Waals surface area contributed by atoms with Crippen LogP contribution in [0.2, 0.25) is 0 Å². The fraction of sp³-hybridized carbons (Fsp3) is 0.357. The Bertz CT molecular complexity index is 676. The number of carbonyl (C=O) groups is 1. The Hall–Kier alpha value is -2.37. The van der Waals surface area contributed by atoms with Crippen LogP contribution in [0.3, 0.4) is 0 Å². The van der Waals surface area contributed by atoms with Gasteiger partial charge in [-0.2, -0.15) is 4.98 Å². The summed E-state index contributed by atoms with van der Waals surface area (Å²) in [6, 6.07) is 6.46. The lowest BCUT2D eigenvalue weighted by atomic mass is 9.96. The highest BCUT2D eigenvalue weighted by atomic mass is 16.1. The van der Waals surface area contributed by atoms with Crippen molar-refractivity contribution in [3.63, 3.8) is 0 Å². The maximum absolute atomic E-state index is 11.2. The summed E-state index contributed by atoms with van der Waals surface area (Å²) < 4.78 is 1.77. The number of nitrogens with one attached hydrogen (secondary N) is 1. The minimum absolute atomic E-state index is 0.0599. The molecule has 3 rings (SSSR count). The van der Waals surface area contributed by atoms with E-state index in [1.807, 2.05) is 0 Å². The molecule has 3 N–H and O–H groups in total. The number of hydrogen-bond acceptors (Lipinski definition) is 4. The van der Waals surface area contributed by atoms with Gasteiger partial charge in [0.15, 0.2) is 0 Å². The van der Waals surface area contributed by atoms with Gasteiger partial charge in [-0.15, -0.1) is 5.10 Å². The van der Waals surface area contributed by atoms with Crippen LogP contribution in [0.5, 0.6) is 0 Å². The first-order valence-electron chi connectivity index (χ1n) is 6.63. The quantitative estimate of drug-likeness (QED) is 0.864. The molecule has 0 spiro atoms. The van der Waals surface area contributed by atoms with Gasteiger partial charge in [-0.25, -0.2) is 4.68 Å². The number of aryl methyl sites for hydroxylation is 2. The van der Waals surface area contributed by atoms with Crippen molar-refractivity contribution in [3.05, 3.63) is 40.7 Å². The molecule has 1 aliphatic rings. The number of aromatic nitrogens is 3. The van der Waals surface area contributed by atoms with Crippen LogP contribution < -0.4 is 11.1 Å². The Morgan fingerprint density at radius 3 is 3.00 bits per heavy atom. The molecule has 2 heterocycles. The van der Waals surface area contributed by atoms with Crippen LogP contribution in [0, 0.1) is 13.8 Å². The largest absolute Gasteiger partial charge is 0.363 e. The number of fused-ring (bicyclic) bond motifs is 1. The van der Waals surface area contributed by atoms with Gasteiger partial charge in [0.2, 0.25) is 11.8 Å². The minimum Gasteiger partial charge on any atom is -0.363 e. The number of nitrogens with two attached hydrogens (primary N) is 1. The Kier molecular flexibility index (Phi) is 2.93. The number of rotatable bonds is 2. The lowest BCUT2D eigenvalue weighted by molar-refractivity contribution is 0.0990. The molecule has 0 radical (unpaired) electrons. The standard InChI is InChI=1S/C14H17N5O/c1-8-3-4-9(2)10(7-8)11-5-6-16-14-17-13(12(15)20)18-19(11)14/h3-4,7,11H,5-6H2,1-2H3,(H2,15,20)(H,16,17,18). The molecule has 0 fully saturated rings. The smallest absolute Gasteiger partial charge is 0.288 e. The molecular weight excluding hydrogens is 254 g/mol. The maximum atomic E-state index is 11.2. The Balaban J connectivity index is 2.09. The molecule has 0 saturated heterocycles. The third-order valence-corrected chi connectivity index (χ3v) is 3.64.